The van der Waals surface area contributed by atoms with E-state index in [-0.39, 0.29) is 18.9 Å². The molecule has 1 fully saturated rings. The number of hydrogen-bond acceptors (Lipinski definition) is 4. The highest BCUT2D eigenvalue weighted by molar-refractivity contribution is 7.92. The third-order valence-corrected chi connectivity index (χ3v) is 5.03. The largest absolute Gasteiger partial charge is 0.396 e. The number of aliphatic hydroxyl groups is 2. The fraction of sp³-hybridized carbons (Fsp3) is 0.778. The minimum Gasteiger partial charge on any atom is -0.396 e. The van der Waals surface area contributed by atoms with Gasteiger partial charge >= 0.3 is 0 Å². The Hall–Kier alpha value is -0.390. The van der Waals surface area contributed by atoms with Gasteiger partial charge in [-0.25, -0.2) is 8.42 Å². The molecule has 0 aromatic heterocycles. The van der Waals surface area contributed by atoms with E-state index < -0.39 is 21.2 Å². The van der Waals surface area contributed by atoms with Gasteiger partial charge in [-0.05, 0) is 18.8 Å². The molecule has 0 aromatic rings. The summed E-state index contributed by atoms with van der Waals surface area (Å²) >= 11 is 0. The summed E-state index contributed by atoms with van der Waals surface area (Å²) in [5, 5.41) is 18.2. The minimum atomic E-state index is -3.37. The summed E-state index contributed by atoms with van der Waals surface area (Å²) in [6, 6.07) is 0. The van der Waals surface area contributed by atoms with Gasteiger partial charge < -0.3 is 10.2 Å². The fourth-order valence-corrected chi connectivity index (χ4v) is 3.43. The second-order valence-electron chi connectivity index (χ2n) is 3.98. The van der Waals surface area contributed by atoms with Crippen LogP contribution in [0.2, 0.25) is 0 Å². The van der Waals surface area contributed by atoms with Crippen LogP contribution < -0.4 is 0 Å². The van der Waals surface area contributed by atoms with Crippen LogP contribution in [0.5, 0.6) is 0 Å². The zero-order valence-corrected chi connectivity index (χ0v) is 9.05. The van der Waals surface area contributed by atoms with E-state index in [1.54, 1.807) is 0 Å². The molecule has 82 valence electrons. The molecular formula is C9H16O4S. The van der Waals surface area contributed by atoms with Gasteiger partial charge in [0, 0.05) is 12.9 Å². The van der Waals surface area contributed by atoms with Crippen molar-refractivity contribution < 1.29 is 18.6 Å². The molecule has 14 heavy (non-hydrogen) atoms. The Balaban J connectivity index is 3.09. The van der Waals surface area contributed by atoms with Crippen molar-refractivity contribution in [3.63, 3.8) is 0 Å². The molecule has 2 atom stereocenters. The molecule has 1 aliphatic rings. The number of hydrogen-bond donors (Lipinski definition) is 2. The van der Waals surface area contributed by atoms with Gasteiger partial charge in [0.2, 0.25) is 0 Å². The molecule has 0 amide bonds. The van der Waals surface area contributed by atoms with Gasteiger partial charge in [-0.15, -0.1) is 0 Å². The van der Waals surface area contributed by atoms with Crippen molar-refractivity contribution in [3.8, 4) is 0 Å². The van der Waals surface area contributed by atoms with Gasteiger partial charge in [0.1, 0.15) is 4.75 Å². The van der Waals surface area contributed by atoms with E-state index >= 15 is 0 Å². The number of rotatable bonds is 3. The van der Waals surface area contributed by atoms with Crippen LogP contribution in [0.15, 0.2) is 12.2 Å². The predicted octanol–water partition coefficient (Wildman–Crippen LogP) is -0.279. The van der Waals surface area contributed by atoms with Crippen molar-refractivity contribution in [2.24, 2.45) is 5.92 Å². The summed E-state index contributed by atoms with van der Waals surface area (Å²) in [6.45, 7) is 3.19. The van der Waals surface area contributed by atoms with Gasteiger partial charge in [0.25, 0.3) is 0 Å². The summed E-state index contributed by atoms with van der Waals surface area (Å²) < 4.78 is 21.9. The Morgan fingerprint density at radius 1 is 1.57 bits per heavy atom. The Morgan fingerprint density at radius 3 is 2.36 bits per heavy atom. The quantitative estimate of drug-likeness (QED) is 0.642. The van der Waals surface area contributed by atoms with Crippen LogP contribution in [-0.2, 0) is 9.84 Å². The Morgan fingerprint density at radius 2 is 2.14 bits per heavy atom. The molecule has 0 aromatic carbocycles. The lowest BCUT2D eigenvalue weighted by Crippen LogP contribution is -2.40. The molecule has 0 saturated heterocycles. The second kappa shape index (κ2) is 3.64. The van der Waals surface area contributed by atoms with E-state index in [0.717, 1.165) is 6.26 Å². The minimum absolute atomic E-state index is 0.0592. The maximum Gasteiger partial charge on any atom is 0.159 e. The fourth-order valence-electron chi connectivity index (χ4n) is 2.05. The molecule has 0 heterocycles. The molecule has 1 rings (SSSR count). The molecule has 0 spiro atoms. The van der Waals surface area contributed by atoms with Crippen LogP contribution in [0.1, 0.15) is 12.8 Å². The van der Waals surface area contributed by atoms with Gasteiger partial charge in [-0.1, -0.05) is 12.2 Å². The molecule has 0 radical (unpaired) electrons. The third-order valence-electron chi connectivity index (χ3n) is 3.02. The van der Waals surface area contributed by atoms with Crippen molar-refractivity contribution in [2.75, 3.05) is 19.5 Å². The van der Waals surface area contributed by atoms with Crippen molar-refractivity contribution in [1.29, 1.82) is 0 Å². The van der Waals surface area contributed by atoms with Gasteiger partial charge in [0.05, 0.1) is 6.61 Å². The first kappa shape index (κ1) is 11.7. The van der Waals surface area contributed by atoms with Crippen LogP contribution in [-0.4, -0.2) is 42.8 Å². The summed E-state index contributed by atoms with van der Waals surface area (Å²) in [7, 11) is -3.37. The van der Waals surface area contributed by atoms with Gasteiger partial charge in [-0.2, -0.15) is 0 Å². The van der Waals surface area contributed by atoms with E-state index in [2.05, 4.69) is 6.58 Å². The molecule has 1 aliphatic carbocycles. The van der Waals surface area contributed by atoms with Crippen molar-refractivity contribution >= 4 is 9.84 Å². The molecular weight excluding hydrogens is 204 g/mol. The highest BCUT2D eigenvalue weighted by atomic mass is 32.2. The monoisotopic (exact) mass is 220 g/mol. The summed E-state index contributed by atoms with van der Waals surface area (Å²) in [6.07, 6.45) is 1.86. The van der Waals surface area contributed by atoms with E-state index in [9.17, 15) is 13.5 Å². The lowest BCUT2D eigenvalue weighted by atomic mass is 10.0. The summed E-state index contributed by atoms with van der Waals surface area (Å²) in [4.78, 5) is 0. The molecule has 2 N–H and O–H groups in total. The maximum atomic E-state index is 11.6. The normalized spacial score (nSPS) is 33.6. The second-order valence-corrected chi connectivity index (χ2v) is 6.31. The zero-order chi connectivity index (χ0) is 11.0. The standard InChI is InChI=1S/C9H16O4S/c1-7-3-8(5-10)4-9(7,6-11)14(2,12)13/h8,10-11H,1,3-6H2,2H3/t8-,9-/m1/s1. The lowest BCUT2D eigenvalue weighted by molar-refractivity contribution is 0.212. The highest BCUT2D eigenvalue weighted by Gasteiger charge is 2.49. The van der Waals surface area contributed by atoms with Crippen molar-refractivity contribution in [1.82, 2.24) is 0 Å². The Labute approximate surface area is 84.2 Å². The van der Waals surface area contributed by atoms with Crippen LogP contribution in [0.4, 0.5) is 0 Å². The highest BCUT2D eigenvalue weighted by Crippen LogP contribution is 2.43. The van der Waals surface area contributed by atoms with Crippen molar-refractivity contribution in [3.05, 3.63) is 12.2 Å². The van der Waals surface area contributed by atoms with E-state index in [0.29, 0.717) is 12.0 Å². The molecule has 1 saturated carbocycles. The zero-order valence-electron chi connectivity index (χ0n) is 8.23. The van der Waals surface area contributed by atoms with Gasteiger partial charge in [-0.3, -0.25) is 0 Å². The first-order chi connectivity index (χ1) is 6.37. The predicted molar refractivity (Wildman–Crippen MR) is 53.6 cm³/mol. The van der Waals surface area contributed by atoms with E-state index in [1.165, 1.54) is 0 Å². The van der Waals surface area contributed by atoms with Crippen LogP contribution in [0.3, 0.4) is 0 Å². The Bertz CT molecular complexity index is 333. The van der Waals surface area contributed by atoms with Crippen LogP contribution >= 0.6 is 0 Å². The first-order valence-corrected chi connectivity index (χ1v) is 6.36. The van der Waals surface area contributed by atoms with E-state index in [4.69, 9.17) is 5.11 Å². The average molecular weight is 220 g/mol. The molecule has 5 heteroatoms. The number of aliphatic hydroxyl groups excluding tert-OH is 2. The molecule has 4 nitrogen and oxygen atoms in total. The SMILES string of the molecule is C=C1C[C@@H](CO)C[C@]1(CO)S(C)(=O)=O. The molecule has 0 aliphatic heterocycles. The lowest BCUT2D eigenvalue weighted by Gasteiger charge is -2.26. The number of sulfone groups is 1. The average Bonchev–Trinajstić information content (AvgIpc) is 2.42. The summed E-state index contributed by atoms with van der Waals surface area (Å²) in [5.41, 5.74) is 0.515. The topological polar surface area (TPSA) is 74.6 Å². The molecule has 0 unspecified atom stereocenters. The van der Waals surface area contributed by atoms with E-state index in [1.807, 2.05) is 0 Å². The molecule has 0 bridgehead atoms. The smallest absolute Gasteiger partial charge is 0.159 e. The van der Waals surface area contributed by atoms with Crippen molar-refractivity contribution in [2.45, 2.75) is 17.6 Å². The Kier molecular flexibility index (Phi) is 3.04. The van der Waals surface area contributed by atoms with Gasteiger partial charge in [0.15, 0.2) is 9.84 Å². The van der Waals surface area contributed by atoms with Crippen LogP contribution in [0.25, 0.3) is 0 Å². The summed E-state index contributed by atoms with van der Waals surface area (Å²) in [5.74, 6) is -0.0932. The maximum absolute atomic E-state index is 11.6. The van der Waals surface area contributed by atoms with Crippen LogP contribution in [0, 0.1) is 5.92 Å². The first-order valence-electron chi connectivity index (χ1n) is 4.47. The third kappa shape index (κ3) is 1.60.